The van der Waals surface area contributed by atoms with Gasteiger partial charge >= 0.3 is 6.18 Å². The number of hydrazine groups is 1. The fourth-order valence-corrected chi connectivity index (χ4v) is 1.87. The average molecular weight is 413 g/mol. The van der Waals surface area contributed by atoms with Crippen LogP contribution in [0, 0.1) is 0 Å². The summed E-state index contributed by atoms with van der Waals surface area (Å²) in [6.07, 6.45) is -7.23. The molecule has 0 fully saturated rings. The molecule has 0 unspecified atom stereocenters. The molecule has 2 amide bonds. The van der Waals surface area contributed by atoms with Gasteiger partial charge in [-0.2, -0.15) is 13.2 Å². The Labute approximate surface area is 144 Å². The van der Waals surface area contributed by atoms with Gasteiger partial charge in [-0.3, -0.25) is 20.4 Å². The van der Waals surface area contributed by atoms with Crippen molar-refractivity contribution in [2.24, 2.45) is 0 Å². The average Bonchev–Trinajstić information content (AvgIpc) is 2.43. The number of aliphatic hydroxyl groups is 1. The predicted octanol–water partition coefficient (Wildman–Crippen LogP) is 2.07. The Bertz CT molecular complexity index is 608. The quantitative estimate of drug-likeness (QED) is 0.646. The second-order valence-electron chi connectivity index (χ2n) is 5.20. The van der Waals surface area contributed by atoms with Gasteiger partial charge in [0.1, 0.15) is 5.75 Å². The van der Waals surface area contributed by atoms with Gasteiger partial charge < -0.3 is 9.84 Å². The second kappa shape index (κ2) is 7.84. The fraction of sp³-hybridized carbons (Fsp3) is 0.429. The third kappa shape index (κ3) is 6.00. The molecule has 0 saturated heterocycles. The molecular weight excluding hydrogens is 397 g/mol. The number of hydrogen-bond acceptors (Lipinski definition) is 4. The van der Waals surface area contributed by atoms with E-state index in [9.17, 15) is 27.9 Å². The number of hydrogen-bond donors (Lipinski definition) is 3. The lowest BCUT2D eigenvalue weighted by molar-refractivity contribution is -0.253. The van der Waals surface area contributed by atoms with E-state index in [-0.39, 0.29) is 0 Å². The summed E-state index contributed by atoms with van der Waals surface area (Å²) < 4.78 is 43.4. The van der Waals surface area contributed by atoms with E-state index < -0.39 is 36.1 Å². The smallest absolute Gasteiger partial charge is 0.417 e. The first-order valence-corrected chi connectivity index (χ1v) is 7.52. The van der Waals surface area contributed by atoms with Crippen LogP contribution in [0.4, 0.5) is 13.2 Å². The third-order valence-electron chi connectivity index (χ3n) is 2.92. The number of rotatable bonds is 5. The van der Waals surface area contributed by atoms with Crippen molar-refractivity contribution in [3.8, 4) is 5.75 Å². The van der Waals surface area contributed by atoms with E-state index in [0.29, 0.717) is 12.7 Å². The van der Waals surface area contributed by atoms with Gasteiger partial charge in [-0.25, -0.2) is 0 Å². The molecule has 3 N–H and O–H groups in total. The zero-order valence-electron chi connectivity index (χ0n) is 12.8. The van der Waals surface area contributed by atoms with Gasteiger partial charge in [0.2, 0.25) is 5.91 Å². The Hall–Kier alpha value is -1.81. The second-order valence-corrected chi connectivity index (χ2v) is 6.12. The molecule has 0 aliphatic rings. The van der Waals surface area contributed by atoms with E-state index in [0.717, 1.165) is 4.47 Å². The van der Waals surface area contributed by atoms with Gasteiger partial charge in [0, 0.05) is 4.47 Å². The number of carbonyl (C=O) groups is 2. The molecule has 24 heavy (non-hydrogen) atoms. The molecular formula is C14H16BrF3N2O4. The molecule has 0 aliphatic heterocycles. The van der Waals surface area contributed by atoms with E-state index in [4.69, 9.17) is 4.74 Å². The first kappa shape index (κ1) is 20.2. The first-order chi connectivity index (χ1) is 10.9. The van der Waals surface area contributed by atoms with Crippen LogP contribution in [0.2, 0.25) is 0 Å². The zero-order chi connectivity index (χ0) is 18.5. The highest BCUT2D eigenvalue weighted by Crippen LogP contribution is 2.32. The van der Waals surface area contributed by atoms with E-state index >= 15 is 0 Å². The van der Waals surface area contributed by atoms with Crippen LogP contribution in [0.5, 0.6) is 5.75 Å². The van der Waals surface area contributed by atoms with Gasteiger partial charge in [0.05, 0.1) is 6.42 Å². The summed E-state index contributed by atoms with van der Waals surface area (Å²) in [6, 6.07) is 6.66. The Morgan fingerprint density at radius 3 is 2.50 bits per heavy atom. The summed E-state index contributed by atoms with van der Waals surface area (Å²) in [5, 5.41) is 9.19. The molecule has 134 valence electrons. The molecule has 0 radical (unpaired) electrons. The number of nitrogens with one attached hydrogen (secondary N) is 2. The number of alkyl halides is 3. The van der Waals surface area contributed by atoms with Crippen molar-refractivity contribution in [3.63, 3.8) is 0 Å². The van der Waals surface area contributed by atoms with Crippen LogP contribution < -0.4 is 15.6 Å². The highest BCUT2D eigenvalue weighted by atomic mass is 79.9. The maximum atomic E-state index is 12.5. The van der Waals surface area contributed by atoms with Crippen LogP contribution in [0.25, 0.3) is 0 Å². The van der Waals surface area contributed by atoms with Gasteiger partial charge in [0.15, 0.2) is 11.7 Å². The molecule has 10 heteroatoms. The fourth-order valence-electron chi connectivity index (χ4n) is 1.49. The molecule has 1 aromatic carbocycles. The normalized spacial score (nSPS) is 15.1. The molecule has 0 aromatic heterocycles. The molecule has 1 rings (SSSR count). The molecule has 0 spiro atoms. The van der Waals surface area contributed by atoms with E-state index in [1.165, 1.54) is 6.92 Å². The summed E-state index contributed by atoms with van der Waals surface area (Å²) in [4.78, 5) is 23.2. The number of carbonyl (C=O) groups excluding carboxylic acids is 2. The Balaban J connectivity index is 2.49. The van der Waals surface area contributed by atoms with E-state index in [1.807, 2.05) is 5.43 Å². The van der Waals surface area contributed by atoms with E-state index in [2.05, 4.69) is 15.9 Å². The number of halogens is 4. The van der Waals surface area contributed by atoms with Crippen molar-refractivity contribution in [3.05, 3.63) is 28.7 Å². The number of benzene rings is 1. The minimum atomic E-state index is -4.97. The summed E-state index contributed by atoms with van der Waals surface area (Å²) >= 11 is 3.23. The Kier molecular flexibility index (Phi) is 6.61. The largest absolute Gasteiger partial charge is 0.481 e. The first-order valence-electron chi connectivity index (χ1n) is 6.72. The monoisotopic (exact) mass is 412 g/mol. The lowest BCUT2D eigenvalue weighted by Gasteiger charge is -2.25. The van der Waals surface area contributed by atoms with Crippen molar-refractivity contribution < 1.29 is 32.6 Å². The molecule has 0 heterocycles. The summed E-state index contributed by atoms with van der Waals surface area (Å²) in [7, 11) is 0. The lowest BCUT2D eigenvalue weighted by atomic mass is 10.0. The summed E-state index contributed by atoms with van der Waals surface area (Å²) in [5.41, 5.74) is 0.544. The predicted molar refractivity (Wildman–Crippen MR) is 81.8 cm³/mol. The van der Waals surface area contributed by atoms with Crippen LogP contribution in [-0.4, -0.2) is 34.8 Å². The minimum absolute atomic E-state index is 0.387. The summed E-state index contributed by atoms with van der Waals surface area (Å²) in [6.45, 7) is 1.86. The third-order valence-corrected chi connectivity index (χ3v) is 3.41. The molecule has 1 aromatic rings. The van der Waals surface area contributed by atoms with Gasteiger partial charge in [-0.05, 0) is 32.0 Å². The zero-order valence-corrected chi connectivity index (χ0v) is 14.4. The van der Waals surface area contributed by atoms with Crippen molar-refractivity contribution in [2.75, 3.05) is 0 Å². The topological polar surface area (TPSA) is 87.7 Å². The van der Waals surface area contributed by atoms with Crippen LogP contribution in [0.15, 0.2) is 28.7 Å². The van der Waals surface area contributed by atoms with Crippen LogP contribution >= 0.6 is 15.9 Å². The van der Waals surface area contributed by atoms with Crippen molar-refractivity contribution >= 4 is 27.7 Å². The van der Waals surface area contributed by atoms with Crippen molar-refractivity contribution in [1.29, 1.82) is 0 Å². The van der Waals surface area contributed by atoms with Crippen LogP contribution in [0.3, 0.4) is 0 Å². The van der Waals surface area contributed by atoms with Gasteiger partial charge in [-0.15, -0.1) is 0 Å². The maximum absolute atomic E-state index is 12.5. The number of amides is 2. The van der Waals surface area contributed by atoms with Crippen molar-refractivity contribution in [1.82, 2.24) is 10.9 Å². The van der Waals surface area contributed by atoms with Crippen LogP contribution in [0.1, 0.15) is 20.3 Å². The maximum Gasteiger partial charge on any atom is 0.417 e. The SMILES string of the molecule is C[C@H](Oc1cccc(Br)c1)C(=O)NNC(=O)C[C@](C)(O)C(F)(F)F. The van der Waals surface area contributed by atoms with Crippen molar-refractivity contribution in [2.45, 2.75) is 38.1 Å². The standard InChI is InChI=1S/C14H16BrF3N2O4/c1-8(24-10-5-3-4-9(15)6-10)12(22)20-19-11(21)7-13(2,23)14(16,17)18/h3-6,8,23H,7H2,1-2H3,(H,19,21)(H,20,22)/t8-,13-/m0/s1. The molecule has 0 saturated carbocycles. The molecule has 0 aliphatic carbocycles. The molecule has 2 atom stereocenters. The molecule has 0 bridgehead atoms. The highest BCUT2D eigenvalue weighted by Gasteiger charge is 2.51. The van der Waals surface area contributed by atoms with E-state index in [1.54, 1.807) is 29.7 Å². The molecule has 6 nitrogen and oxygen atoms in total. The Morgan fingerprint density at radius 2 is 1.96 bits per heavy atom. The minimum Gasteiger partial charge on any atom is -0.481 e. The lowest BCUT2D eigenvalue weighted by Crippen LogP contribution is -2.51. The highest BCUT2D eigenvalue weighted by molar-refractivity contribution is 9.10. The number of ether oxygens (including phenoxy) is 1. The Morgan fingerprint density at radius 1 is 1.33 bits per heavy atom. The van der Waals surface area contributed by atoms with Gasteiger partial charge in [-0.1, -0.05) is 22.0 Å². The van der Waals surface area contributed by atoms with Gasteiger partial charge in [0.25, 0.3) is 5.91 Å². The van der Waals surface area contributed by atoms with Crippen LogP contribution in [-0.2, 0) is 9.59 Å². The summed E-state index contributed by atoms with van der Waals surface area (Å²) in [5.74, 6) is -1.58.